The zero-order chi connectivity index (χ0) is 15.0. The molecule has 3 nitrogen and oxygen atoms in total. The molecule has 0 bridgehead atoms. The topological polar surface area (TPSA) is 30.5 Å². The van der Waals surface area contributed by atoms with Gasteiger partial charge in [0.25, 0.3) is 0 Å². The summed E-state index contributed by atoms with van der Waals surface area (Å²) in [5.41, 5.74) is 0.536. The van der Waals surface area contributed by atoms with Gasteiger partial charge in [0.2, 0.25) is 0 Å². The normalized spacial score (nSPS) is 11.7. The van der Waals surface area contributed by atoms with Gasteiger partial charge >= 0.3 is 6.18 Å². The first-order valence-electron chi connectivity index (χ1n) is 6.19. The van der Waals surface area contributed by atoms with Crippen LogP contribution in [0.1, 0.15) is 18.9 Å². The fourth-order valence-corrected chi connectivity index (χ4v) is 1.49. The minimum absolute atomic E-state index is 0.303. The van der Waals surface area contributed by atoms with Crippen LogP contribution in [0.5, 0.6) is 5.75 Å². The van der Waals surface area contributed by atoms with Crippen molar-refractivity contribution in [1.82, 2.24) is 5.32 Å². The van der Waals surface area contributed by atoms with Gasteiger partial charge in [-0.05, 0) is 31.2 Å². The number of rotatable bonds is 8. The van der Waals surface area contributed by atoms with E-state index in [-0.39, 0.29) is 0 Å². The Morgan fingerprint density at radius 1 is 1.25 bits per heavy atom. The fourth-order valence-electron chi connectivity index (χ4n) is 1.49. The summed E-state index contributed by atoms with van der Waals surface area (Å²) in [5, 5.41) is 3.07. The molecule has 1 N–H and O–H groups in total. The molecule has 0 spiro atoms. The molecular formula is C13H17F4NO2. The zero-order valence-corrected chi connectivity index (χ0v) is 11.1. The Morgan fingerprint density at radius 3 is 2.65 bits per heavy atom. The predicted molar refractivity (Wildman–Crippen MR) is 65.9 cm³/mol. The van der Waals surface area contributed by atoms with Crippen molar-refractivity contribution in [1.29, 1.82) is 0 Å². The summed E-state index contributed by atoms with van der Waals surface area (Å²) < 4.78 is 58.2. The highest BCUT2D eigenvalue weighted by Crippen LogP contribution is 2.20. The molecule has 0 radical (unpaired) electrons. The lowest BCUT2D eigenvalue weighted by atomic mass is 10.2. The highest BCUT2D eigenvalue weighted by molar-refractivity contribution is 5.33. The lowest BCUT2D eigenvalue weighted by Crippen LogP contribution is -2.19. The highest BCUT2D eigenvalue weighted by atomic mass is 19.4. The smallest absolute Gasteiger partial charge is 0.411 e. The molecule has 1 rings (SSSR count). The van der Waals surface area contributed by atoms with Crippen molar-refractivity contribution in [3.8, 4) is 5.75 Å². The van der Waals surface area contributed by atoms with Crippen molar-refractivity contribution in [2.75, 3.05) is 19.9 Å². The summed E-state index contributed by atoms with van der Waals surface area (Å²) in [6, 6.07) is 3.83. The van der Waals surface area contributed by atoms with E-state index in [4.69, 9.17) is 4.74 Å². The van der Waals surface area contributed by atoms with E-state index in [0.29, 0.717) is 17.9 Å². The number of ether oxygens (including phenoxy) is 2. The number of hydrogen-bond acceptors (Lipinski definition) is 3. The number of halogens is 4. The fraction of sp³-hybridized carbons (Fsp3) is 0.538. The largest absolute Gasteiger partial charge is 0.467 e. The van der Waals surface area contributed by atoms with Crippen LogP contribution in [0.3, 0.4) is 0 Å². The Hall–Kier alpha value is -1.34. The van der Waals surface area contributed by atoms with E-state index in [1.807, 2.05) is 6.92 Å². The van der Waals surface area contributed by atoms with E-state index in [1.54, 1.807) is 0 Å². The molecular weight excluding hydrogens is 278 g/mol. The van der Waals surface area contributed by atoms with Crippen molar-refractivity contribution < 1.29 is 27.0 Å². The van der Waals surface area contributed by atoms with Gasteiger partial charge in [0, 0.05) is 12.1 Å². The van der Waals surface area contributed by atoms with Crippen LogP contribution >= 0.6 is 0 Å². The lowest BCUT2D eigenvalue weighted by Gasteiger charge is -2.13. The Labute approximate surface area is 114 Å². The third kappa shape index (κ3) is 6.72. The summed E-state index contributed by atoms with van der Waals surface area (Å²) in [4.78, 5) is 0. The van der Waals surface area contributed by atoms with E-state index in [9.17, 15) is 17.6 Å². The first-order chi connectivity index (χ1) is 9.42. The predicted octanol–water partition coefficient (Wildman–Crippen LogP) is 3.24. The summed E-state index contributed by atoms with van der Waals surface area (Å²) in [7, 11) is 0. The molecule has 0 unspecified atom stereocenters. The molecule has 0 heterocycles. The van der Waals surface area contributed by atoms with Gasteiger partial charge in [-0.2, -0.15) is 13.2 Å². The van der Waals surface area contributed by atoms with Crippen molar-refractivity contribution in [3.63, 3.8) is 0 Å². The van der Waals surface area contributed by atoms with Crippen LogP contribution in [0.4, 0.5) is 17.6 Å². The van der Waals surface area contributed by atoms with Gasteiger partial charge in [0.15, 0.2) is 6.79 Å². The Morgan fingerprint density at radius 2 is 2.00 bits per heavy atom. The highest BCUT2D eigenvalue weighted by Gasteiger charge is 2.27. The van der Waals surface area contributed by atoms with Crippen molar-refractivity contribution in [3.05, 3.63) is 29.6 Å². The molecule has 0 amide bonds. The second kappa shape index (κ2) is 8.06. The molecule has 0 aliphatic heterocycles. The molecule has 114 valence electrons. The molecule has 1 aromatic rings. The van der Waals surface area contributed by atoms with Crippen LogP contribution in [0.15, 0.2) is 18.2 Å². The summed E-state index contributed by atoms with van der Waals surface area (Å²) >= 11 is 0. The average Bonchev–Trinajstić information content (AvgIpc) is 2.36. The number of hydrogen-bond donors (Lipinski definition) is 1. The van der Waals surface area contributed by atoms with Gasteiger partial charge in [-0.25, -0.2) is 4.39 Å². The number of benzene rings is 1. The first-order valence-corrected chi connectivity index (χ1v) is 6.19. The summed E-state index contributed by atoms with van der Waals surface area (Å²) in [6.07, 6.45) is -3.47. The van der Waals surface area contributed by atoms with Crippen LogP contribution in [-0.4, -0.2) is 26.1 Å². The molecule has 0 saturated carbocycles. The van der Waals surface area contributed by atoms with Gasteiger partial charge in [0.1, 0.15) is 18.2 Å². The van der Waals surface area contributed by atoms with E-state index in [2.05, 4.69) is 10.1 Å². The molecule has 0 aromatic heterocycles. The molecule has 0 atom stereocenters. The SMILES string of the molecule is CCCNCc1cc(F)ccc1OCOCC(F)(F)F. The summed E-state index contributed by atoms with van der Waals surface area (Å²) in [6.45, 7) is 1.20. The monoisotopic (exact) mass is 295 g/mol. The first kappa shape index (κ1) is 16.7. The van der Waals surface area contributed by atoms with E-state index in [0.717, 1.165) is 13.0 Å². The van der Waals surface area contributed by atoms with Crippen molar-refractivity contribution >= 4 is 0 Å². The second-order valence-corrected chi connectivity index (χ2v) is 4.15. The quantitative estimate of drug-likeness (QED) is 0.454. The molecule has 0 aliphatic carbocycles. The van der Waals surface area contributed by atoms with E-state index >= 15 is 0 Å². The average molecular weight is 295 g/mol. The Kier molecular flexibility index (Phi) is 6.74. The van der Waals surface area contributed by atoms with Gasteiger partial charge in [-0.15, -0.1) is 0 Å². The summed E-state index contributed by atoms with van der Waals surface area (Å²) in [5.74, 6) is -0.126. The van der Waals surface area contributed by atoms with Gasteiger partial charge in [-0.3, -0.25) is 0 Å². The maximum absolute atomic E-state index is 13.1. The zero-order valence-electron chi connectivity index (χ0n) is 11.1. The maximum atomic E-state index is 13.1. The molecule has 0 aliphatic rings. The third-order valence-electron chi connectivity index (χ3n) is 2.33. The van der Waals surface area contributed by atoms with Crippen LogP contribution in [0.25, 0.3) is 0 Å². The van der Waals surface area contributed by atoms with Gasteiger partial charge in [-0.1, -0.05) is 6.92 Å². The van der Waals surface area contributed by atoms with Gasteiger partial charge in [0.05, 0.1) is 0 Å². The molecule has 0 fully saturated rings. The third-order valence-corrected chi connectivity index (χ3v) is 2.33. The Balaban J connectivity index is 2.51. The second-order valence-electron chi connectivity index (χ2n) is 4.15. The Bertz CT molecular complexity index is 410. The standard InChI is InChI=1S/C13H17F4NO2/c1-2-5-18-7-10-6-11(14)3-4-12(10)20-9-19-8-13(15,16)17/h3-4,6,18H,2,5,7-9H2,1H3. The van der Waals surface area contributed by atoms with E-state index in [1.165, 1.54) is 18.2 Å². The molecule has 0 saturated heterocycles. The van der Waals surface area contributed by atoms with Crippen molar-refractivity contribution in [2.24, 2.45) is 0 Å². The minimum atomic E-state index is -4.39. The van der Waals surface area contributed by atoms with Crippen LogP contribution in [-0.2, 0) is 11.3 Å². The molecule has 1 aromatic carbocycles. The molecule has 7 heteroatoms. The number of alkyl halides is 3. The lowest BCUT2D eigenvalue weighted by molar-refractivity contribution is -0.186. The van der Waals surface area contributed by atoms with E-state index < -0.39 is 25.4 Å². The maximum Gasteiger partial charge on any atom is 0.411 e. The van der Waals surface area contributed by atoms with Crippen molar-refractivity contribution in [2.45, 2.75) is 26.1 Å². The van der Waals surface area contributed by atoms with Crippen LogP contribution in [0.2, 0.25) is 0 Å². The minimum Gasteiger partial charge on any atom is -0.467 e. The molecule has 20 heavy (non-hydrogen) atoms. The van der Waals surface area contributed by atoms with Crippen LogP contribution in [0, 0.1) is 5.82 Å². The van der Waals surface area contributed by atoms with Crippen LogP contribution < -0.4 is 10.1 Å². The number of nitrogens with one attached hydrogen (secondary N) is 1. The van der Waals surface area contributed by atoms with Gasteiger partial charge < -0.3 is 14.8 Å².